The predicted octanol–water partition coefficient (Wildman–Crippen LogP) is 3.52. The maximum Gasteiger partial charge on any atom is 0.317 e. The summed E-state index contributed by atoms with van der Waals surface area (Å²) in [5, 5.41) is 3.95. The summed E-state index contributed by atoms with van der Waals surface area (Å²) in [6.07, 6.45) is 1.60. The number of hydrogen-bond acceptors (Lipinski definition) is 6. The maximum absolute atomic E-state index is 12.5. The van der Waals surface area contributed by atoms with Gasteiger partial charge in [-0.05, 0) is 30.5 Å². The normalized spacial score (nSPS) is 14.7. The van der Waals surface area contributed by atoms with Crippen LogP contribution in [0.2, 0.25) is 0 Å². The Morgan fingerprint density at radius 2 is 1.85 bits per heavy atom. The molecule has 4 rings (SSSR count). The van der Waals surface area contributed by atoms with Crippen molar-refractivity contribution in [3.05, 3.63) is 66.1 Å². The van der Waals surface area contributed by atoms with Crippen LogP contribution in [0.4, 0.5) is 0 Å². The zero-order valence-corrected chi connectivity index (χ0v) is 14.3. The Labute approximate surface area is 150 Å². The third-order valence-corrected chi connectivity index (χ3v) is 4.61. The molecule has 0 aliphatic heterocycles. The number of rotatable bonds is 6. The summed E-state index contributed by atoms with van der Waals surface area (Å²) in [5.74, 6) is 1.06. The Bertz CT molecular complexity index is 916. The highest BCUT2D eigenvalue weighted by Gasteiger charge is 2.52. The van der Waals surface area contributed by atoms with Crippen molar-refractivity contribution in [3.63, 3.8) is 0 Å². The lowest BCUT2D eigenvalue weighted by atomic mass is 9.96. The molecule has 2 aromatic carbocycles. The van der Waals surface area contributed by atoms with Crippen LogP contribution in [0.25, 0.3) is 11.4 Å². The fourth-order valence-corrected chi connectivity index (χ4v) is 3.01. The highest BCUT2D eigenvalue weighted by atomic mass is 16.6. The topological polar surface area (TPSA) is 74.5 Å². The molecule has 3 aromatic rings. The number of methoxy groups -OCH3 is 1. The van der Waals surface area contributed by atoms with E-state index in [1.807, 2.05) is 54.6 Å². The average molecular weight is 350 g/mol. The van der Waals surface area contributed by atoms with E-state index in [9.17, 15) is 4.79 Å². The summed E-state index contributed by atoms with van der Waals surface area (Å²) in [7, 11) is 1.58. The molecule has 0 saturated heterocycles. The van der Waals surface area contributed by atoms with Crippen LogP contribution in [0, 0.1) is 0 Å². The maximum atomic E-state index is 12.5. The highest BCUT2D eigenvalue weighted by Crippen LogP contribution is 2.49. The van der Waals surface area contributed by atoms with Gasteiger partial charge in [-0.3, -0.25) is 4.79 Å². The molecule has 132 valence electrons. The van der Waals surface area contributed by atoms with Crippen LogP contribution in [-0.2, 0) is 21.6 Å². The van der Waals surface area contributed by atoms with Crippen molar-refractivity contribution in [2.24, 2.45) is 0 Å². The number of hydrogen-bond donors (Lipinski definition) is 0. The third kappa shape index (κ3) is 2.94. The Morgan fingerprint density at radius 3 is 2.58 bits per heavy atom. The standard InChI is InChI=1S/C20H18N2O4/c1-24-16-10-6-5-9-15(16)18-21-17(26-22-18)13-25-19(23)20(11-12-20)14-7-3-2-4-8-14/h2-10H,11-13H2,1H3. The summed E-state index contributed by atoms with van der Waals surface area (Å²) in [6, 6.07) is 17.1. The van der Waals surface area contributed by atoms with E-state index in [1.54, 1.807) is 7.11 Å². The summed E-state index contributed by atoms with van der Waals surface area (Å²) in [6.45, 7) is -0.0461. The molecule has 1 aliphatic carbocycles. The molecule has 0 atom stereocenters. The minimum Gasteiger partial charge on any atom is -0.496 e. The van der Waals surface area contributed by atoms with Gasteiger partial charge in [-0.1, -0.05) is 47.6 Å². The van der Waals surface area contributed by atoms with Gasteiger partial charge >= 0.3 is 5.97 Å². The monoisotopic (exact) mass is 350 g/mol. The van der Waals surface area contributed by atoms with Gasteiger partial charge in [0.15, 0.2) is 6.61 Å². The molecular weight excluding hydrogens is 332 g/mol. The van der Waals surface area contributed by atoms with Crippen molar-refractivity contribution in [1.29, 1.82) is 0 Å². The van der Waals surface area contributed by atoms with E-state index in [2.05, 4.69) is 10.1 Å². The minimum atomic E-state index is -0.521. The van der Waals surface area contributed by atoms with Crippen molar-refractivity contribution in [2.75, 3.05) is 7.11 Å². The van der Waals surface area contributed by atoms with E-state index in [0.29, 0.717) is 11.6 Å². The molecule has 6 nitrogen and oxygen atoms in total. The highest BCUT2D eigenvalue weighted by molar-refractivity contribution is 5.86. The number of para-hydroxylation sites is 1. The zero-order chi connectivity index (χ0) is 18.0. The fourth-order valence-electron chi connectivity index (χ4n) is 3.01. The molecule has 1 aliphatic rings. The molecule has 0 amide bonds. The molecule has 0 N–H and O–H groups in total. The van der Waals surface area contributed by atoms with E-state index in [1.165, 1.54) is 0 Å². The van der Waals surface area contributed by atoms with Crippen molar-refractivity contribution in [2.45, 2.75) is 24.9 Å². The van der Waals surface area contributed by atoms with E-state index in [4.69, 9.17) is 14.0 Å². The summed E-state index contributed by atoms with van der Waals surface area (Å²) in [4.78, 5) is 16.8. The molecule has 1 aromatic heterocycles. The quantitative estimate of drug-likeness (QED) is 0.633. The summed E-state index contributed by atoms with van der Waals surface area (Å²) < 4.78 is 16.0. The smallest absolute Gasteiger partial charge is 0.317 e. The molecule has 26 heavy (non-hydrogen) atoms. The van der Waals surface area contributed by atoms with Crippen LogP contribution in [0.1, 0.15) is 24.3 Å². The lowest BCUT2D eigenvalue weighted by Crippen LogP contribution is -2.23. The second-order valence-corrected chi connectivity index (χ2v) is 6.24. The number of nitrogens with zero attached hydrogens (tertiary/aromatic N) is 2. The van der Waals surface area contributed by atoms with Crippen molar-refractivity contribution >= 4 is 5.97 Å². The van der Waals surface area contributed by atoms with E-state index in [0.717, 1.165) is 24.0 Å². The Balaban J connectivity index is 1.45. The second-order valence-electron chi connectivity index (χ2n) is 6.24. The molecular formula is C20H18N2O4. The first-order valence-electron chi connectivity index (χ1n) is 8.42. The van der Waals surface area contributed by atoms with Gasteiger partial charge in [0.25, 0.3) is 5.89 Å². The van der Waals surface area contributed by atoms with E-state index in [-0.39, 0.29) is 18.5 Å². The summed E-state index contributed by atoms with van der Waals surface area (Å²) in [5.41, 5.74) is 1.19. The number of ether oxygens (including phenoxy) is 2. The van der Waals surface area contributed by atoms with Crippen molar-refractivity contribution in [1.82, 2.24) is 10.1 Å². The van der Waals surface area contributed by atoms with Crippen LogP contribution in [0.5, 0.6) is 5.75 Å². The van der Waals surface area contributed by atoms with Gasteiger partial charge < -0.3 is 14.0 Å². The second kappa shape index (κ2) is 6.63. The van der Waals surface area contributed by atoms with E-state index >= 15 is 0 Å². The molecule has 1 fully saturated rings. The Morgan fingerprint density at radius 1 is 1.12 bits per heavy atom. The Kier molecular flexibility index (Phi) is 4.16. The molecule has 0 unspecified atom stereocenters. The first-order valence-corrected chi connectivity index (χ1v) is 8.42. The van der Waals surface area contributed by atoms with Crippen LogP contribution >= 0.6 is 0 Å². The van der Waals surface area contributed by atoms with Gasteiger partial charge in [-0.2, -0.15) is 4.98 Å². The van der Waals surface area contributed by atoms with Gasteiger partial charge in [0.1, 0.15) is 5.75 Å². The van der Waals surface area contributed by atoms with Crippen molar-refractivity contribution < 1.29 is 18.8 Å². The molecule has 0 radical (unpaired) electrons. The zero-order valence-electron chi connectivity index (χ0n) is 14.3. The molecule has 1 heterocycles. The third-order valence-electron chi connectivity index (χ3n) is 4.61. The van der Waals surface area contributed by atoms with Gasteiger partial charge in [0, 0.05) is 0 Å². The van der Waals surface area contributed by atoms with Gasteiger partial charge in [0.05, 0.1) is 18.1 Å². The fraction of sp³-hybridized carbons (Fsp3) is 0.250. The predicted molar refractivity (Wildman–Crippen MR) is 93.4 cm³/mol. The number of esters is 1. The van der Waals surface area contributed by atoms with Crippen molar-refractivity contribution in [3.8, 4) is 17.1 Å². The first-order chi connectivity index (χ1) is 12.7. The number of benzene rings is 2. The van der Waals surface area contributed by atoms with E-state index < -0.39 is 5.41 Å². The molecule has 1 saturated carbocycles. The largest absolute Gasteiger partial charge is 0.496 e. The number of carbonyl (C=O) groups excluding carboxylic acids is 1. The summed E-state index contributed by atoms with van der Waals surface area (Å²) >= 11 is 0. The average Bonchev–Trinajstić information content (AvgIpc) is 3.38. The van der Waals surface area contributed by atoms with Crippen LogP contribution in [0.3, 0.4) is 0 Å². The molecule has 0 spiro atoms. The van der Waals surface area contributed by atoms with Gasteiger partial charge in [-0.15, -0.1) is 0 Å². The molecule has 6 heteroatoms. The number of carbonyl (C=O) groups is 1. The Hall–Kier alpha value is -3.15. The van der Waals surface area contributed by atoms with Gasteiger partial charge in [0.2, 0.25) is 5.82 Å². The molecule has 0 bridgehead atoms. The van der Waals surface area contributed by atoms with Crippen LogP contribution < -0.4 is 4.74 Å². The SMILES string of the molecule is COc1ccccc1-c1noc(COC(=O)C2(c3ccccc3)CC2)n1. The lowest BCUT2D eigenvalue weighted by Gasteiger charge is -2.13. The minimum absolute atomic E-state index is 0.0461. The first kappa shape index (κ1) is 16.3. The van der Waals surface area contributed by atoms with Gasteiger partial charge in [-0.25, -0.2) is 0 Å². The lowest BCUT2D eigenvalue weighted by molar-refractivity contribution is -0.148. The number of aromatic nitrogens is 2. The van der Waals surface area contributed by atoms with Crippen LogP contribution in [-0.4, -0.2) is 23.2 Å². The van der Waals surface area contributed by atoms with Crippen LogP contribution in [0.15, 0.2) is 59.1 Å².